The summed E-state index contributed by atoms with van der Waals surface area (Å²) in [4.78, 5) is 10.9. The third-order valence-corrected chi connectivity index (χ3v) is 3.11. The van der Waals surface area contributed by atoms with E-state index in [1.54, 1.807) is 0 Å². The van der Waals surface area contributed by atoms with Gasteiger partial charge in [0.05, 0.1) is 10.2 Å². The van der Waals surface area contributed by atoms with Crippen LogP contribution in [0, 0.1) is 12.3 Å². The summed E-state index contributed by atoms with van der Waals surface area (Å²) < 4.78 is 2.46. The predicted octanol–water partition coefficient (Wildman–Crippen LogP) is 1.58. The van der Waals surface area contributed by atoms with Gasteiger partial charge < -0.3 is 9.67 Å². The van der Waals surface area contributed by atoms with E-state index in [1.807, 2.05) is 25.1 Å². The number of rotatable bonds is 2. The monoisotopic (exact) mass is 222 g/mol. The molecule has 2 N–H and O–H groups in total. The SMILES string of the molecule is Cc1ccc2c(c1)sc(=N)n2CC(=O)O. The lowest BCUT2D eigenvalue weighted by atomic mass is 10.2. The minimum atomic E-state index is -0.922. The molecule has 0 amide bonds. The molecule has 0 aliphatic heterocycles. The number of aromatic nitrogens is 1. The summed E-state index contributed by atoms with van der Waals surface area (Å²) in [5, 5.41) is 16.4. The molecule has 78 valence electrons. The van der Waals surface area contributed by atoms with Crippen molar-refractivity contribution in [3.05, 3.63) is 28.6 Å². The van der Waals surface area contributed by atoms with Crippen molar-refractivity contribution in [2.24, 2.45) is 0 Å². The Kier molecular flexibility index (Phi) is 2.32. The fourth-order valence-corrected chi connectivity index (χ4v) is 2.50. The molecule has 0 spiro atoms. The van der Waals surface area contributed by atoms with Gasteiger partial charge in [0.15, 0.2) is 4.80 Å². The summed E-state index contributed by atoms with van der Waals surface area (Å²) in [6.07, 6.45) is 0. The van der Waals surface area contributed by atoms with Gasteiger partial charge in [-0.05, 0) is 24.6 Å². The highest BCUT2D eigenvalue weighted by atomic mass is 32.1. The summed E-state index contributed by atoms with van der Waals surface area (Å²) in [7, 11) is 0. The minimum Gasteiger partial charge on any atom is -0.480 e. The van der Waals surface area contributed by atoms with Gasteiger partial charge in [0, 0.05) is 0 Å². The number of hydrogen-bond acceptors (Lipinski definition) is 3. The van der Waals surface area contributed by atoms with Crippen LogP contribution in [0.1, 0.15) is 5.56 Å². The molecule has 1 aromatic heterocycles. The van der Waals surface area contributed by atoms with E-state index < -0.39 is 5.97 Å². The zero-order valence-corrected chi connectivity index (χ0v) is 8.97. The maximum absolute atomic E-state index is 10.6. The first-order chi connectivity index (χ1) is 7.08. The van der Waals surface area contributed by atoms with Crippen molar-refractivity contribution < 1.29 is 9.90 Å². The van der Waals surface area contributed by atoms with Crippen LogP contribution in [-0.2, 0) is 11.3 Å². The van der Waals surface area contributed by atoms with Gasteiger partial charge in [-0.15, -0.1) is 0 Å². The lowest BCUT2D eigenvalue weighted by Gasteiger charge is -2.00. The van der Waals surface area contributed by atoms with E-state index in [4.69, 9.17) is 10.5 Å². The molecule has 5 heteroatoms. The topological polar surface area (TPSA) is 66.1 Å². The average Bonchev–Trinajstić information content (AvgIpc) is 2.41. The van der Waals surface area contributed by atoms with Crippen LogP contribution in [0.15, 0.2) is 18.2 Å². The van der Waals surface area contributed by atoms with E-state index in [1.165, 1.54) is 15.9 Å². The maximum atomic E-state index is 10.6. The van der Waals surface area contributed by atoms with Gasteiger partial charge in [-0.1, -0.05) is 17.4 Å². The fraction of sp³-hybridized carbons (Fsp3) is 0.200. The normalized spacial score (nSPS) is 10.7. The molecule has 0 saturated carbocycles. The van der Waals surface area contributed by atoms with Crippen LogP contribution in [0.5, 0.6) is 0 Å². The van der Waals surface area contributed by atoms with Gasteiger partial charge in [0.2, 0.25) is 0 Å². The largest absolute Gasteiger partial charge is 0.480 e. The van der Waals surface area contributed by atoms with Crippen molar-refractivity contribution in [3.8, 4) is 0 Å². The minimum absolute atomic E-state index is 0.151. The van der Waals surface area contributed by atoms with Gasteiger partial charge in [-0.3, -0.25) is 10.2 Å². The number of benzene rings is 1. The Balaban J connectivity index is 2.68. The summed E-state index contributed by atoms with van der Waals surface area (Å²) in [6, 6.07) is 5.76. The van der Waals surface area contributed by atoms with Crippen LogP contribution >= 0.6 is 11.3 Å². The quantitative estimate of drug-likeness (QED) is 0.810. The van der Waals surface area contributed by atoms with Crippen molar-refractivity contribution >= 4 is 27.5 Å². The summed E-state index contributed by atoms with van der Waals surface area (Å²) in [5.74, 6) is -0.922. The third kappa shape index (κ3) is 1.78. The molecule has 2 aromatic rings. The molecule has 1 heterocycles. The van der Waals surface area contributed by atoms with E-state index in [0.29, 0.717) is 0 Å². The Hall–Kier alpha value is -1.62. The number of hydrogen-bond donors (Lipinski definition) is 2. The van der Waals surface area contributed by atoms with Crippen molar-refractivity contribution in [1.82, 2.24) is 4.57 Å². The van der Waals surface area contributed by atoms with Crippen LogP contribution in [0.3, 0.4) is 0 Å². The molecule has 1 aromatic carbocycles. The number of carboxylic acid groups (broad SMARTS) is 1. The molecular weight excluding hydrogens is 212 g/mol. The lowest BCUT2D eigenvalue weighted by molar-refractivity contribution is -0.137. The van der Waals surface area contributed by atoms with Gasteiger partial charge >= 0.3 is 5.97 Å². The molecule has 0 fully saturated rings. The zero-order chi connectivity index (χ0) is 11.0. The number of carboxylic acids is 1. The predicted molar refractivity (Wildman–Crippen MR) is 58.0 cm³/mol. The average molecular weight is 222 g/mol. The summed E-state index contributed by atoms with van der Waals surface area (Å²) in [5.41, 5.74) is 1.93. The zero-order valence-electron chi connectivity index (χ0n) is 8.15. The van der Waals surface area contributed by atoms with Gasteiger partial charge in [0.1, 0.15) is 6.54 Å². The van der Waals surface area contributed by atoms with Gasteiger partial charge in [-0.25, -0.2) is 0 Å². The van der Waals surface area contributed by atoms with E-state index in [-0.39, 0.29) is 11.3 Å². The Morgan fingerprint density at radius 3 is 3.00 bits per heavy atom. The molecule has 0 saturated heterocycles. The number of nitrogens with one attached hydrogen (secondary N) is 1. The molecule has 2 rings (SSSR count). The molecule has 0 radical (unpaired) electrons. The first-order valence-electron chi connectivity index (χ1n) is 4.44. The van der Waals surface area contributed by atoms with Crippen LogP contribution in [0.2, 0.25) is 0 Å². The molecule has 15 heavy (non-hydrogen) atoms. The van der Waals surface area contributed by atoms with Crippen molar-refractivity contribution in [3.63, 3.8) is 0 Å². The van der Waals surface area contributed by atoms with Crippen molar-refractivity contribution in [2.75, 3.05) is 0 Å². The number of thiazole rings is 1. The number of nitrogens with zero attached hydrogens (tertiary/aromatic N) is 1. The van der Waals surface area contributed by atoms with E-state index in [0.717, 1.165) is 15.8 Å². The molecule has 0 aliphatic carbocycles. The van der Waals surface area contributed by atoms with Crippen LogP contribution in [0.4, 0.5) is 0 Å². The second kappa shape index (κ2) is 3.51. The molecule has 4 nitrogen and oxygen atoms in total. The van der Waals surface area contributed by atoms with Crippen molar-refractivity contribution in [1.29, 1.82) is 5.41 Å². The Morgan fingerprint density at radius 1 is 1.60 bits per heavy atom. The number of carbonyl (C=O) groups is 1. The first kappa shape index (κ1) is 9.92. The van der Waals surface area contributed by atoms with Crippen LogP contribution < -0.4 is 4.80 Å². The Morgan fingerprint density at radius 2 is 2.33 bits per heavy atom. The smallest absolute Gasteiger partial charge is 0.323 e. The van der Waals surface area contributed by atoms with Crippen LogP contribution in [0.25, 0.3) is 10.2 Å². The fourth-order valence-electron chi connectivity index (χ4n) is 1.49. The standard InChI is InChI=1S/C10H10N2O2S/c1-6-2-3-7-8(4-6)15-10(11)12(7)5-9(13)14/h2-4,11H,5H2,1H3,(H,13,14). The number of fused-ring (bicyclic) bond motifs is 1. The Labute approximate surface area is 89.9 Å². The highest BCUT2D eigenvalue weighted by molar-refractivity contribution is 7.16. The maximum Gasteiger partial charge on any atom is 0.323 e. The lowest BCUT2D eigenvalue weighted by Crippen LogP contribution is -2.18. The highest BCUT2D eigenvalue weighted by Crippen LogP contribution is 2.18. The third-order valence-electron chi connectivity index (χ3n) is 2.15. The number of aryl methyl sites for hydroxylation is 1. The number of aliphatic carboxylic acids is 1. The second-order valence-corrected chi connectivity index (χ2v) is 4.39. The first-order valence-corrected chi connectivity index (χ1v) is 5.26. The van der Waals surface area contributed by atoms with Gasteiger partial charge in [0.25, 0.3) is 0 Å². The molecular formula is C10H10N2O2S. The second-order valence-electron chi connectivity index (χ2n) is 3.36. The summed E-state index contributed by atoms with van der Waals surface area (Å²) >= 11 is 1.30. The molecule has 0 unspecified atom stereocenters. The summed E-state index contributed by atoms with van der Waals surface area (Å²) in [6.45, 7) is 1.83. The molecule has 0 aliphatic rings. The van der Waals surface area contributed by atoms with E-state index in [9.17, 15) is 4.79 Å². The Bertz CT molecular complexity index is 583. The highest BCUT2D eigenvalue weighted by Gasteiger charge is 2.07. The van der Waals surface area contributed by atoms with Gasteiger partial charge in [-0.2, -0.15) is 0 Å². The van der Waals surface area contributed by atoms with E-state index in [2.05, 4.69) is 0 Å². The van der Waals surface area contributed by atoms with Crippen LogP contribution in [-0.4, -0.2) is 15.6 Å². The molecule has 0 atom stereocenters. The molecule has 0 bridgehead atoms. The van der Waals surface area contributed by atoms with E-state index >= 15 is 0 Å². The van der Waals surface area contributed by atoms with Crippen molar-refractivity contribution in [2.45, 2.75) is 13.5 Å².